The predicted molar refractivity (Wildman–Crippen MR) is 72.9 cm³/mol. The minimum atomic E-state index is -0.600. The first-order valence-corrected chi connectivity index (χ1v) is 6.22. The van der Waals surface area contributed by atoms with E-state index < -0.39 is 6.10 Å². The second-order valence-electron chi connectivity index (χ2n) is 5.63. The first kappa shape index (κ1) is 14.7. The van der Waals surface area contributed by atoms with Crippen molar-refractivity contribution in [3.05, 3.63) is 22.6 Å². The molecule has 0 bridgehead atoms. The number of aromatic nitrogens is 2. The zero-order valence-corrected chi connectivity index (χ0v) is 11.8. The summed E-state index contributed by atoms with van der Waals surface area (Å²) < 4.78 is 1.31. The Bertz CT molecular complexity index is 448. The Balaban J connectivity index is 2.90. The predicted octanol–water partition coefficient (Wildman–Crippen LogP) is 1.11. The van der Waals surface area contributed by atoms with Crippen LogP contribution < -0.4 is 10.5 Å². The summed E-state index contributed by atoms with van der Waals surface area (Å²) in [6, 6.07) is 1.55. The monoisotopic (exact) mass is 253 g/mol. The number of rotatable bonds is 4. The molecule has 0 radical (unpaired) electrons. The fourth-order valence-electron chi connectivity index (χ4n) is 1.39. The topological polar surface area (TPSA) is 58.4 Å². The molecule has 0 spiro atoms. The molecule has 0 aliphatic carbocycles. The van der Waals surface area contributed by atoms with Gasteiger partial charge in [-0.05, 0) is 12.3 Å². The summed E-state index contributed by atoms with van der Waals surface area (Å²) in [6.07, 6.45) is 1.05. The molecule has 18 heavy (non-hydrogen) atoms. The zero-order chi connectivity index (χ0) is 13.9. The van der Waals surface area contributed by atoms with Crippen LogP contribution in [0, 0.1) is 5.41 Å². The molecule has 5 heteroatoms. The van der Waals surface area contributed by atoms with Gasteiger partial charge in [0.25, 0.3) is 5.56 Å². The normalized spacial score (nSPS) is 13.4. The minimum absolute atomic E-state index is 0.184. The van der Waals surface area contributed by atoms with E-state index in [0.29, 0.717) is 0 Å². The van der Waals surface area contributed by atoms with Crippen LogP contribution in [0.1, 0.15) is 27.7 Å². The third-order valence-electron chi connectivity index (χ3n) is 3.12. The molecular formula is C13H23N3O2. The quantitative estimate of drug-likeness (QED) is 0.873. The second-order valence-corrected chi connectivity index (χ2v) is 5.63. The number of hydrogen-bond donors (Lipinski definition) is 1. The van der Waals surface area contributed by atoms with E-state index in [-0.39, 0.29) is 17.5 Å². The third-order valence-corrected chi connectivity index (χ3v) is 3.12. The lowest BCUT2D eigenvalue weighted by Crippen LogP contribution is -2.36. The molecule has 0 aliphatic heterocycles. The van der Waals surface area contributed by atoms with Crippen LogP contribution in [0.4, 0.5) is 5.69 Å². The molecule has 1 atom stereocenters. The smallest absolute Gasteiger partial charge is 0.268 e. The van der Waals surface area contributed by atoms with E-state index in [4.69, 9.17) is 0 Å². The number of hydrogen-bond acceptors (Lipinski definition) is 4. The Morgan fingerprint density at radius 2 is 2.11 bits per heavy atom. The minimum Gasteiger partial charge on any atom is -0.391 e. The molecule has 0 saturated heterocycles. The number of aliphatic hydroxyl groups excluding tert-OH is 1. The third kappa shape index (κ3) is 3.57. The van der Waals surface area contributed by atoms with Crippen molar-refractivity contribution in [1.82, 2.24) is 9.78 Å². The molecule has 1 aromatic heterocycles. The Hall–Kier alpha value is -1.36. The van der Waals surface area contributed by atoms with Gasteiger partial charge >= 0.3 is 0 Å². The van der Waals surface area contributed by atoms with Gasteiger partial charge in [0.05, 0.1) is 24.5 Å². The van der Waals surface area contributed by atoms with Crippen molar-refractivity contribution >= 4 is 5.69 Å². The van der Waals surface area contributed by atoms with Gasteiger partial charge in [0, 0.05) is 19.7 Å². The van der Waals surface area contributed by atoms with Crippen LogP contribution in [0.15, 0.2) is 17.1 Å². The van der Waals surface area contributed by atoms with E-state index in [9.17, 15) is 9.90 Å². The van der Waals surface area contributed by atoms with Gasteiger partial charge in [0.15, 0.2) is 0 Å². The Morgan fingerprint density at radius 3 is 2.56 bits per heavy atom. The molecule has 0 aliphatic rings. The first-order valence-electron chi connectivity index (χ1n) is 6.22. The van der Waals surface area contributed by atoms with E-state index in [1.807, 2.05) is 39.6 Å². The Labute approximate surface area is 108 Å². The summed E-state index contributed by atoms with van der Waals surface area (Å²) in [5.41, 5.74) is 0.347. The van der Waals surface area contributed by atoms with E-state index >= 15 is 0 Å². The largest absolute Gasteiger partial charge is 0.391 e. The summed E-state index contributed by atoms with van der Waals surface area (Å²) in [4.78, 5) is 13.8. The van der Waals surface area contributed by atoms with Gasteiger partial charge in [-0.2, -0.15) is 5.10 Å². The molecular weight excluding hydrogens is 230 g/mol. The summed E-state index contributed by atoms with van der Waals surface area (Å²) in [5, 5.41) is 14.1. The van der Waals surface area contributed by atoms with E-state index in [0.717, 1.165) is 12.2 Å². The van der Waals surface area contributed by atoms with Crippen molar-refractivity contribution in [3.63, 3.8) is 0 Å². The van der Waals surface area contributed by atoms with Crippen LogP contribution in [-0.2, 0) is 6.54 Å². The standard InChI is InChI=1S/C13H23N3O2/c1-6-15(5)10-7-12(18)16(14-8-10)9-11(17)13(2,3)4/h7-8,11,17H,6,9H2,1-5H3. The fourth-order valence-corrected chi connectivity index (χ4v) is 1.39. The second kappa shape index (κ2) is 5.52. The maximum absolute atomic E-state index is 11.9. The van der Waals surface area contributed by atoms with Crippen molar-refractivity contribution in [2.45, 2.75) is 40.3 Å². The summed E-state index contributed by atoms with van der Waals surface area (Å²) >= 11 is 0. The van der Waals surface area contributed by atoms with Crippen LogP contribution in [0.5, 0.6) is 0 Å². The van der Waals surface area contributed by atoms with Gasteiger partial charge in [-0.1, -0.05) is 20.8 Å². The van der Waals surface area contributed by atoms with E-state index in [2.05, 4.69) is 5.10 Å². The molecule has 0 saturated carbocycles. The van der Waals surface area contributed by atoms with Gasteiger partial charge in [0.1, 0.15) is 0 Å². The van der Waals surface area contributed by atoms with Crippen LogP contribution in [-0.4, -0.2) is 34.6 Å². The van der Waals surface area contributed by atoms with Gasteiger partial charge in [-0.15, -0.1) is 0 Å². The highest BCUT2D eigenvalue weighted by atomic mass is 16.3. The van der Waals surface area contributed by atoms with Crippen molar-refractivity contribution in [2.75, 3.05) is 18.5 Å². The zero-order valence-electron chi connectivity index (χ0n) is 11.8. The maximum atomic E-state index is 11.9. The van der Waals surface area contributed by atoms with Crippen molar-refractivity contribution < 1.29 is 5.11 Å². The molecule has 0 fully saturated rings. The molecule has 0 amide bonds. The molecule has 0 aromatic carbocycles. The number of aliphatic hydroxyl groups is 1. The average Bonchev–Trinajstić information content (AvgIpc) is 2.29. The molecule has 1 N–H and O–H groups in total. The van der Waals surface area contributed by atoms with E-state index in [1.54, 1.807) is 12.3 Å². The highest BCUT2D eigenvalue weighted by molar-refractivity contribution is 5.41. The lowest BCUT2D eigenvalue weighted by molar-refractivity contribution is 0.0438. The van der Waals surface area contributed by atoms with Crippen molar-refractivity contribution in [1.29, 1.82) is 0 Å². The molecule has 102 valence electrons. The summed E-state index contributed by atoms with van der Waals surface area (Å²) in [7, 11) is 1.91. The average molecular weight is 253 g/mol. The van der Waals surface area contributed by atoms with E-state index in [1.165, 1.54) is 4.68 Å². The van der Waals surface area contributed by atoms with Crippen molar-refractivity contribution in [3.8, 4) is 0 Å². The summed E-state index contributed by atoms with van der Waals surface area (Å²) in [5.74, 6) is 0. The highest BCUT2D eigenvalue weighted by Crippen LogP contribution is 2.19. The lowest BCUT2D eigenvalue weighted by atomic mass is 9.89. The van der Waals surface area contributed by atoms with Crippen LogP contribution in [0.25, 0.3) is 0 Å². The highest BCUT2D eigenvalue weighted by Gasteiger charge is 2.23. The van der Waals surface area contributed by atoms with Crippen LogP contribution >= 0.6 is 0 Å². The lowest BCUT2D eigenvalue weighted by Gasteiger charge is -2.26. The maximum Gasteiger partial charge on any atom is 0.268 e. The molecule has 1 rings (SSSR count). The van der Waals surface area contributed by atoms with Gasteiger partial charge in [-0.3, -0.25) is 4.79 Å². The van der Waals surface area contributed by atoms with Crippen LogP contribution in [0.2, 0.25) is 0 Å². The van der Waals surface area contributed by atoms with Gasteiger partial charge < -0.3 is 10.0 Å². The fraction of sp³-hybridized carbons (Fsp3) is 0.692. The number of anilines is 1. The Kier molecular flexibility index (Phi) is 4.51. The number of nitrogens with zero attached hydrogens (tertiary/aromatic N) is 3. The molecule has 1 unspecified atom stereocenters. The van der Waals surface area contributed by atoms with Crippen molar-refractivity contribution in [2.24, 2.45) is 5.41 Å². The Morgan fingerprint density at radius 1 is 1.50 bits per heavy atom. The van der Waals surface area contributed by atoms with Crippen LogP contribution in [0.3, 0.4) is 0 Å². The molecule has 5 nitrogen and oxygen atoms in total. The SMILES string of the molecule is CCN(C)c1cnn(CC(O)C(C)(C)C)c(=O)c1. The molecule has 1 heterocycles. The summed E-state index contributed by atoms with van der Waals surface area (Å²) in [6.45, 7) is 8.84. The van der Waals surface area contributed by atoms with Gasteiger partial charge in [-0.25, -0.2) is 4.68 Å². The first-order chi connectivity index (χ1) is 8.25. The van der Waals surface area contributed by atoms with Gasteiger partial charge in [0.2, 0.25) is 0 Å². The molecule has 1 aromatic rings.